The molecule has 0 aliphatic carbocycles. The van der Waals surface area contributed by atoms with Gasteiger partial charge in [0.05, 0.1) is 23.7 Å². The molecule has 0 aliphatic heterocycles. The number of nitrogens with two attached hydrogens (primary N) is 1. The molecule has 0 bridgehead atoms. The van der Waals surface area contributed by atoms with E-state index in [0.29, 0.717) is 6.54 Å². The van der Waals surface area contributed by atoms with Crippen LogP contribution in [0.2, 0.25) is 0 Å². The lowest BCUT2D eigenvalue weighted by Gasteiger charge is -2.04. The van der Waals surface area contributed by atoms with Gasteiger partial charge in [-0.15, -0.1) is 0 Å². The molecule has 0 amide bonds. The standard InChI is InChI=1S/C11H15N3O/c1-3-14-9(7-12)11-8(13-14)5-4-6-10(11)15-2/h4-6H,3,7,12H2,1-2H3. The van der Waals surface area contributed by atoms with E-state index >= 15 is 0 Å². The normalized spacial score (nSPS) is 10.9. The Morgan fingerprint density at radius 1 is 1.47 bits per heavy atom. The van der Waals surface area contributed by atoms with Crippen LogP contribution in [-0.2, 0) is 13.1 Å². The summed E-state index contributed by atoms with van der Waals surface area (Å²) in [5, 5.41) is 5.50. The first-order chi connectivity index (χ1) is 7.31. The molecule has 0 spiro atoms. The quantitative estimate of drug-likeness (QED) is 0.826. The minimum Gasteiger partial charge on any atom is -0.496 e. The lowest BCUT2D eigenvalue weighted by atomic mass is 10.2. The number of hydrogen-bond acceptors (Lipinski definition) is 3. The van der Waals surface area contributed by atoms with Crippen molar-refractivity contribution < 1.29 is 4.74 Å². The summed E-state index contributed by atoms with van der Waals surface area (Å²) < 4.78 is 7.24. The summed E-state index contributed by atoms with van der Waals surface area (Å²) >= 11 is 0. The van der Waals surface area contributed by atoms with Crippen molar-refractivity contribution in [2.75, 3.05) is 7.11 Å². The Bertz CT molecular complexity index is 476. The van der Waals surface area contributed by atoms with Crippen molar-refractivity contribution in [3.05, 3.63) is 23.9 Å². The van der Waals surface area contributed by atoms with Gasteiger partial charge in [0.15, 0.2) is 0 Å². The summed E-state index contributed by atoms with van der Waals surface area (Å²) in [5.41, 5.74) is 7.72. The highest BCUT2D eigenvalue weighted by Gasteiger charge is 2.12. The van der Waals surface area contributed by atoms with Gasteiger partial charge < -0.3 is 10.5 Å². The second-order valence-corrected chi connectivity index (χ2v) is 3.32. The van der Waals surface area contributed by atoms with Crippen LogP contribution in [0.5, 0.6) is 5.75 Å². The summed E-state index contributed by atoms with van der Waals surface area (Å²) in [6, 6.07) is 5.85. The van der Waals surface area contributed by atoms with Crippen molar-refractivity contribution in [3.63, 3.8) is 0 Å². The van der Waals surface area contributed by atoms with E-state index in [2.05, 4.69) is 12.0 Å². The number of ether oxygens (including phenoxy) is 1. The van der Waals surface area contributed by atoms with Crippen LogP contribution in [0, 0.1) is 0 Å². The predicted octanol–water partition coefficient (Wildman–Crippen LogP) is 1.52. The van der Waals surface area contributed by atoms with Crippen molar-refractivity contribution in [2.45, 2.75) is 20.0 Å². The summed E-state index contributed by atoms with van der Waals surface area (Å²) in [6.45, 7) is 3.35. The van der Waals surface area contributed by atoms with Crippen molar-refractivity contribution in [1.29, 1.82) is 0 Å². The molecular formula is C11H15N3O. The minimum absolute atomic E-state index is 0.477. The summed E-state index contributed by atoms with van der Waals surface area (Å²) in [6.07, 6.45) is 0. The van der Waals surface area contributed by atoms with Crippen LogP contribution in [0.4, 0.5) is 0 Å². The average Bonchev–Trinajstić information content (AvgIpc) is 2.66. The molecule has 4 nitrogen and oxygen atoms in total. The van der Waals surface area contributed by atoms with Crippen molar-refractivity contribution in [3.8, 4) is 5.75 Å². The van der Waals surface area contributed by atoms with Gasteiger partial charge in [-0.25, -0.2) is 0 Å². The maximum Gasteiger partial charge on any atom is 0.130 e. The van der Waals surface area contributed by atoms with Crippen molar-refractivity contribution in [1.82, 2.24) is 9.78 Å². The zero-order valence-electron chi connectivity index (χ0n) is 9.03. The van der Waals surface area contributed by atoms with Gasteiger partial charge in [0, 0.05) is 13.1 Å². The number of hydrogen-bond donors (Lipinski definition) is 1. The summed E-state index contributed by atoms with van der Waals surface area (Å²) in [5.74, 6) is 0.840. The van der Waals surface area contributed by atoms with E-state index in [9.17, 15) is 0 Å². The Balaban J connectivity index is 2.78. The molecule has 1 aromatic heterocycles. The fourth-order valence-electron chi connectivity index (χ4n) is 1.85. The molecule has 2 rings (SSSR count). The van der Waals surface area contributed by atoms with Crippen LogP contribution in [-0.4, -0.2) is 16.9 Å². The highest BCUT2D eigenvalue weighted by Crippen LogP contribution is 2.28. The Kier molecular flexibility index (Phi) is 2.60. The Labute approximate surface area is 88.6 Å². The van der Waals surface area contributed by atoms with Gasteiger partial charge in [-0.05, 0) is 19.1 Å². The van der Waals surface area contributed by atoms with Crippen LogP contribution < -0.4 is 10.5 Å². The Morgan fingerprint density at radius 3 is 2.87 bits per heavy atom. The van der Waals surface area contributed by atoms with E-state index in [1.54, 1.807) is 7.11 Å². The van der Waals surface area contributed by atoms with E-state index in [4.69, 9.17) is 10.5 Å². The number of benzene rings is 1. The molecule has 0 aliphatic rings. The molecule has 80 valence electrons. The first-order valence-corrected chi connectivity index (χ1v) is 5.04. The summed E-state index contributed by atoms with van der Waals surface area (Å²) in [4.78, 5) is 0. The molecule has 4 heteroatoms. The number of rotatable bonds is 3. The van der Waals surface area contributed by atoms with Crippen LogP contribution in [0.1, 0.15) is 12.6 Å². The zero-order chi connectivity index (χ0) is 10.8. The Hall–Kier alpha value is -1.55. The zero-order valence-corrected chi connectivity index (χ0v) is 9.03. The lowest BCUT2D eigenvalue weighted by Crippen LogP contribution is -2.07. The number of fused-ring (bicyclic) bond motifs is 1. The second-order valence-electron chi connectivity index (χ2n) is 3.32. The highest BCUT2D eigenvalue weighted by atomic mass is 16.5. The molecule has 0 unspecified atom stereocenters. The minimum atomic E-state index is 0.477. The number of aromatic nitrogens is 2. The highest BCUT2D eigenvalue weighted by molar-refractivity contribution is 5.88. The Morgan fingerprint density at radius 2 is 2.27 bits per heavy atom. The van der Waals surface area contributed by atoms with Gasteiger partial charge >= 0.3 is 0 Å². The van der Waals surface area contributed by atoms with E-state index in [-0.39, 0.29) is 0 Å². The smallest absolute Gasteiger partial charge is 0.130 e. The van der Waals surface area contributed by atoms with Crippen LogP contribution in [0.3, 0.4) is 0 Å². The molecule has 15 heavy (non-hydrogen) atoms. The van der Waals surface area contributed by atoms with E-state index in [1.165, 1.54) is 0 Å². The van der Waals surface area contributed by atoms with Gasteiger partial charge in [-0.3, -0.25) is 4.68 Å². The number of methoxy groups -OCH3 is 1. The molecule has 0 radical (unpaired) electrons. The van der Waals surface area contributed by atoms with Crippen LogP contribution in [0.25, 0.3) is 10.9 Å². The molecule has 2 aromatic rings. The molecule has 2 N–H and O–H groups in total. The number of nitrogens with zero attached hydrogens (tertiary/aromatic N) is 2. The fraction of sp³-hybridized carbons (Fsp3) is 0.364. The molecule has 0 saturated carbocycles. The largest absolute Gasteiger partial charge is 0.496 e. The molecule has 1 aromatic carbocycles. The topological polar surface area (TPSA) is 53.1 Å². The second kappa shape index (κ2) is 3.90. The molecule has 0 fully saturated rings. The molecule has 0 atom stereocenters. The SMILES string of the molecule is CCn1nc2cccc(OC)c2c1CN. The van der Waals surface area contributed by atoms with E-state index in [0.717, 1.165) is 28.9 Å². The summed E-state index contributed by atoms with van der Waals surface area (Å²) in [7, 11) is 1.67. The molecular weight excluding hydrogens is 190 g/mol. The van der Waals surface area contributed by atoms with Gasteiger partial charge in [0.25, 0.3) is 0 Å². The van der Waals surface area contributed by atoms with Gasteiger partial charge in [-0.2, -0.15) is 5.10 Å². The van der Waals surface area contributed by atoms with Gasteiger partial charge in [0.1, 0.15) is 5.75 Å². The average molecular weight is 205 g/mol. The fourth-order valence-corrected chi connectivity index (χ4v) is 1.85. The van der Waals surface area contributed by atoms with E-state index in [1.807, 2.05) is 22.9 Å². The van der Waals surface area contributed by atoms with Gasteiger partial charge in [0.2, 0.25) is 0 Å². The third kappa shape index (κ3) is 1.47. The van der Waals surface area contributed by atoms with Crippen LogP contribution >= 0.6 is 0 Å². The monoisotopic (exact) mass is 205 g/mol. The van der Waals surface area contributed by atoms with Crippen molar-refractivity contribution in [2.24, 2.45) is 5.73 Å². The van der Waals surface area contributed by atoms with Crippen LogP contribution in [0.15, 0.2) is 18.2 Å². The molecule has 0 saturated heterocycles. The number of aryl methyl sites for hydroxylation is 1. The lowest BCUT2D eigenvalue weighted by molar-refractivity contribution is 0.419. The third-order valence-corrected chi connectivity index (χ3v) is 2.55. The first-order valence-electron chi connectivity index (χ1n) is 5.04. The predicted molar refractivity (Wildman–Crippen MR) is 59.9 cm³/mol. The molecule has 1 heterocycles. The third-order valence-electron chi connectivity index (χ3n) is 2.55. The van der Waals surface area contributed by atoms with Gasteiger partial charge in [-0.1, -0.05) is 6.07 Å². The van der Waals surface area contributed by atoms with E-state index < -0.39 is 0 Å². The first kappa shape index (κ1) is 9.98. The van der Waals surface area contributed by atoms with Crippen molar-refractivity contribution >= 4 is 10.9 Å². The maximum atomic E-state index is 5.74. The maximum absolute atomic E-state index is 5.74.